The second kappa shape index (κ2) is 5.48. The number of piperidine rings is 1. The van der Waals surface area contributed by atoms with Crippen LogP contribution in [0.2, 0.25) is 0 Å². The van der Waals surface area contributed by atoms with E-state index in [0.29, 0.717) is 24.1 Å². The maximum absolute atomic E-state index is 11.6. The highest BCUT2D eigenvalue weighted by Crippen LogP contribution is 2.22. The molecule has 2 rings (SSSR count). The molecular formula is C14H20N2O2. The van der Waals surface area contributed by atoms with Crippen LogP contribution in [0.5, 0.6) is 5.88 Å². The zero-order valence-corrected chi connectivity index (χ0v) is 11.2. The summed E-state index contributed by atoms with van der Waals surface area (Å²) >= 11 is 0. The molecule has 0 aliphatic carbocycles. The molecule has 1 aliphatic rings. The first-order valence-electron chi connectivity index (χ1n) is 6.37. The first-order valence-corrected chi connectivity index (χ1v) is 6.37. The number of Topliss-reactive ketones (excluding diaryl/α,β-unsaturated/α-hetero) is 1. The number of likely N-dealkylation sites (tertiary alicyclic amines) is 1. The van der Waals surface area contributed by atoms with Crippen molar-refractivity contribution in [2.24, 2.45) is 5.92 Å². The lowest BCUT2D eigenvalue weighted by Crippen LogP contribution is -2.46. The Hall–Kier alpha value is -1.42. The second-order valence-electron chi connectivity index (χ2n) is 4.92. The molecule has 1 fully saturated rings. The second-order valence-corrected chi connectivity index (χ2v) is 4.92. The quantitative estimate of drug-likeness (QED) is 0.819. The van der Waals surface area contributed by atoms with E-state index in [1.807, 2.05) is 19.1 Å². The summed E-state index contributed by atoms with van der Waals surface area (Å²) in [5.74, 6) is 1.15. The van der Waals surface area contributed by atoms with Crippen LogP contribution in [0, 0.1) is 5.92 Å². The number of carbonyl (C=O) groups excluding carboxylic acids is 1. The maximum Gasteiger partial charge on any atom is 0.213 e. The van der Waals surface area contributed by atoms with E-state index in [2.05, 4.69) is 16.8 Å². The Balaban J connectivity index is 2.06. The van der Waals surface area contributed by atoms with Gasteiger partial charge in [-0.15, -0.1) is 0 Å². The summed E-state index contributed by atoms with van der Waals surface area (Å²) in [6, 6.07) is 4.25. The molecule has 1 aromatic heterocycles. The van der Waals surface area contributed by atoms with E-state index in [1.54, 1.807) is 13.3 Å². The van der Waals surface area contributed by atoms with Crippen molar-refractivity contribution in [3.8, 4) is 5.88 Å². The largest absolute Gasteiger partial charge is 0.481 e. The van der Waals surface area contributed by atoms with Crippen molar-refractivity contribution in [1.29, 1.82) is 0 Å². The number of carbonyl (C=O) groups is 1. The van der Waals surface area contributed by atoms with Crippen molar-refractivity contribution in [3.63, 3.8) is 0 Å². The predicted molar refractivity (Wildman–Crippen MR) is 69.4 cm³/mol. The predicted octanol–water partition coefficient (Wildman–Crippen LogP) is 1.89. The molecule has 2 unspecified atom stereocenters. The van der Waals surface area contributed by atoms with E-state index in [0.717, 1.165) is 13.1 Å². The molecule has 0 radical (unpaired) electrons. The smallest absolute Gasteiger partial charge is 0.213 e. The Morgan fingerprint density at radius 2 is 2.28 bits per heavy atom. The zero-order chi connectivity index (χ0) is 13.1. The van der Waals surface area contributed by atoms with Crippen molar-refractivity contribution in [1.82, 2.24) is 9.88 Å². The number of aromatic nitrogens is 1. The fourth-order valence-electron chi connectivity index (χ4n) is 2.39. The molecule has 98 valence electrons. The van der Waals surface area contributed by atoms with Crippen LogP contribution < -0.4 is 4.74 Å². The van der Waals surface area contributed by atoms with Crippen molar-refractivity contribution >= 4 is 5.78 Å². The third-order valence-electron chi connectivity index (χ3n) is 3.85. The highest BCUT2D eigenvalue weighted by Gasteiger charge is 2.30. The average Bonchev–Trinajstić information content (AvgIpc) is 2.40. The van der Waals surface area contributed by atoms with Gasteiger partial charge in [0.1, 0.15) is 5.78 Å². The van der Waals surface area contributed by atoms with Gasteiger partial charge in [0.05, 0.1) is 7.11 Å². The molecule has 0 spiro atoms. The lowest BCUT2D eigenvalue weighted by molar-refractivity contribution is -0.128. The summed E-state index contributed by atoms with van der Waals surface area (Å²) in [6.07, 6.45) is 2.42. The van der Waals surface area contributed by atoms with Crippen molar-refractivity contribution in [2.45, 2.75) is 32.9 Å². The fraction of sp³-hybridized carbons (Fsp3) is 0.571. The Morgan fingerprint density at radius 3 is 3.00 bits per heavy atom. The first kappa shape index (κ1) is 13.0. The summed E-state index contributed by atoms with van der Waals surface area (Å²) in [5.41, 5.74) is 1.18. The van der Waals surface area contributed by atoms with Crippen LogP contribution in [0.4, 0.5) is 0 Å². The molecule has 0 N–H and O–H groups in total. The number of hydrogen-bond donors (Lipinski definition) is 0. The van der Waals surface area contributed by atoms with Crippen LogP contribution in [0.25, 0.3) is 0 Å². The molecule has 0 aromatic carbocycles. The van der Waals surface area contributed by atoms with Crippen molar-refractivity contribution in [2.75, 3.05) is 13.7 Å². The average molecular weight is 248 g/mol. The van der Waals surface area contributed by atoms with E-state index < -0.39 is 0 Å². The summed E-state index contributed by atoms with van der Waals surface area (Å²) in [6.45, 7) is 5.83. The summed E-state index contributed by atoms with van der Waals surface area (Å²) in [4.78, 5) is 18.1. The first-order chi connectivity index (χ1) is 8.61. The zero-order valence-electron chi connectivity index (χ0n) is 11.2. The summed E-state index contributed by atoms with van der Waals surface area (Å²) in [7, 11) is 1.62. The van der Waals surface area contributed by atoms with Crippen LogP contribution in [-0.4, -0.2) is 35.4 Å². The van der Waals surface area contributed by atoms with Gasteiger partial charge < -0.3 is 4.74 Å². The third-order valence-corrected chi connectivity index (χ3v) is 3.85. The number of nitrogens with zero attached hydrogens (tertiary/aromatic N) is 2. The SMILES string of the molecule is COc1cc(CN2CCC(=O)C(C)C2C)ccn1. The van der Waals surface area contributed by atoms with Gasteiger partial charge in [0.15, 0.2) is 0 Å². The molecule has 4 nitrogen and oxygen atoms in total. The summed E-state index contributed by atoms with van der Waals surface area (Å²) < 4.78 is 5.13. The Morgan fingerprint density at radius 1 is 1.50 bits per heavy atom. The molecule has 0 bridgehead atoms. The minimum atomic E-state index is 0.127. The molecule has 1 saturated heterocycles. The topological polar surface area (TPSA) is 42.4 Å². The van der Waals surface area contributed by atoms with Gasteiger partial charge in [-0.1, -0.05) is 6.92 Å². The number of pyridine rings is 1. The van der Waals surface area contributed by atoms with Crippen LogP contribution in [0.3, 0.4) is 0 Å². The molecule has 2 atom stereocenters. The van der Waals surface area contributed by atoms with E-state index in [9.17, 15) is 4.79 Å². The van der Waals surface area contributed by atoms with Crippen molar-refractivity contribution < 1.29 is 9.53 Å². The molecule has 1 aliphatic heterocycles. The van der Waals surface area contributed by atoms with Crippen molar-refractivity contribution in [3.05, 3.63) is 23.9 Å². The van der Waals surface area contributed by atoms with Gasteiger partial charge in [-0.05, 0) is 18.6 Å². The normalized spacial score (nSPS) is 25.2. The Bertz CT molecular complexity index is 434. The lowest BCUT2D eigenvalue weighted by atomic mass is 9.90. The number of ketones is 1. The molecular weight excluding hydrogens is 228 g/mol. The van der Waals surface area contributed by atoms with E-state index >= 15 is 0 Å². The van der Waals surface area contributed by atoms with Crippen LogP contribution >= 0.6 is 0 Å². The lowest BCUT2D eigenvalue weighted by Gasteiger charge is -2.36. The van der Waals surface area contributed by atoms with E-state index in [1.165, 1.54) is 5.56 Å². The highest BCUT2D eigenvalue weighted by atomic mass is 16.5. The Labute approximate surface area is 108 Å². The highest BCUT2D eigenvalue weighted by molar-refractivity contribution is 5.82. The van der Waals surface area contributed by atoms with Gasteiger partial charge in [-0.25, -0.2) is 4.98 Å². The van der Waals surface area contributed by atoms with Crippen LogP contribution in [0.15, 0.2) is 18.3 Å². The Kier molecular flexibility index (Phi) is 3.97. The molecule has 0 saturated carbocycles. The standard InChI is InChI=1S/C14H20N2O2/c1-10-11(2)16(7-5-13(10)17)9-12-4-6-15-14(8-12)18-3/h4,6,8,10-11H,5,7,9H2,1-3H3. The van der Waals surface area contributed by atoms with E-state index in [-0.39, 0.29) is 5.92 Å². The molecule has 18 heavy (non-hydrogen) atoms. The maximum atomic E-state index is 11.6. The van der Waals surface area contributed by atoms with Gasteiger partial charge in [0.2, 0.25) is 5.88 Å². The number of rotatable bonds is 3. The van der Waals surface area contributed by atoms with Crippen LogP contribution in [0.1, 0.15) is 25.8 Å². The fourth-order valence-corrected chi connectivity index (χ4v) is 2.39. The summed E-state index contributed by atoms with van der Waals surface area (Å²) in [5, 5.41) is 0. The number of ether oxygens (including phenoxy) is 1. The monoisotopic (exact) mass is 248 g/mol. The minimum Gasteiger partial charge on any atom is -0.481 e. The molecule has 4 heteroatoms. The number of methoxy groups -OCH3 is 1. The number of hydrogen-bond acceptors (Lipinski definition) is 4. The van der Waals surface area contributed by atoms with Gasteiger partial charge >= 0.3 is 0 Å². The minimum absolute atomic E-state index is 0.127. The van der Waals surface area contributed by atoms with Gasteiger partial charge in [-0.2, -0.15) is 0 Å². The van der Waals surface area contributed by atoms with Gasteiger partial charge in [0, 0.05) is 43.7 Å². The molecule has 2 heterocycles. The van der Waals surface area contributed by atoms with Gasteiger partial charge in [0.25, 0.3) is 0 Å². The third kappa shape index (κ3) is 2.70. The molecule has 1 aromatic rings. The molecule has 0 amide bonds. The van der Waals surface area contributed by atoms with Gasteiger partial charge in [-0.3, -0.25) is 9.69 Å². The van der Waals surface area contributed by atoms with E-state index in [4.69, 9.17) is 4.74 Å². The van der Waals surface area contributed by atoms with Crippen LogP contribution in [-0.2, 0) is 11.3 Å².